The molecule has 0 aliphatic rings. The third-order valence-corrected chi connectivity index (χ3v) is 5.33. The van der Waals surface area contributed by atoms with Crippen molar-refractivity contribution >= 4 is 23.2 Å². The highest BCUT2D eigenvalue weighted by Gasteiger charge is 2.20. The zero-order valence-corrected chi connectivity index (χ0v) is 17.8. The van der Waals surface area contributed by atoms with Crippen molar-refractivity contribution in [1.29, 1.82) is 0 Å². The van der Waals surface area contributed by atoms with Crippen molar-refractivity contribution in [2.75, 3.05) is 0 Å². The molecule has 3 aromatic carbocycles. The molecular weight excluding hydrogens is 432 g/mol. The first-order valence-corrected chi connectivity index (χ1v) is 10.4. The Kier molecular flexibility index (Phi) is 5.23. The normalized spacial score (nSPS) is 11.3. The van der Waals surface area contributed by atoms with Crippen molar-refractivity contribution in [3.8, 4) is 22.8 Å². The highest BCUT2D eigenvalue weighted by atomic mass is 16.4. The van der Waals surface area contributed by atoms with Crippen LogP contribution < -0.4 is 11.2 Å². The van der Waals surface area contributed by atoms with E-state index in [2.05, 4.69) is 9.97 Å². The van der Waals surface area contributed by atoms with Crippen molar-refractivity contribution in [2.24, 2.45) is 0 Å². The lowest BCUT2D eigenvalue weighted by Gasteiger charge is -2.11. The van der Waals surface area contributed by atoms with E-state index in [1.807, 2.05) is 24.3 Å². The maximum atomic E-state index is 13.5. The monoisotopic (exact) mass is 450 g/mol. The van der Waals surface area contributed by atoms with Gasteiger partial charge in [0.15, 0.2) is 11.2 Å². The third-order valence-electron chi connectivity index (χ3n) is 5.33. The van der Waals surface area contributed by atoms with Gasteiger partial charge in [-0.3, -0.25) is 4.79 Å². The number of carboxylic acid groups (broad SMARTS) is 1. The van der Waals surface area contributed by atoms with Crippen LogP contribution in [0.4, 0.5) is 0 Å². The zero-order chi connectivity index (χ0) is 23.7. The van der Waals surface area contributed by atoms with E-state index in [1.165, 1.54) is 10.6 Å². The van der Waals surface area contributed by atoms with Crippen molar-refractivity contribution in [1.82, 2.24) is 19.1 Å². The summed E-state index contributed by atoms with van der Waals surface area (Å²) in [6.45, 7) is 0. The maximum Gasteiger partial charge on any atom is 0.341 e. The van der Waals surface area contributed by atoms with Gasteiger partial charge in [-0.05, 0) is 35.9 Å². The number of imidazole rings is 1. The van der Waals surface area contributed by atoms with Crippen LogP contribution in [0.3, 0.4) is 0 Å². The molecule has 2 aromatic heterocycles. The molecule has 0 fully saturated rings. The number of aromatic amines is 1. The number of aliphatic carboxylic acids is 1. The molecule has 0 unspecified atom stereocenters. The Labute approximate surface area is 192 Å². The molecule has 0 aliphatic heterocycles. The fourth-order valence-corrected chi connectivity index (χ4v) is 3.74. The predicted molar refractivity (Wildman–Crippen MR) is 129 cm³/mol. The Hall–Kier alpha value is -4.98. The van der Waals surface area contributed by atoms with Crippen LogP contribution in [0.5, 0.6) is 0 Å². The molecule has 5 aromatic rings. The number of hydrogen-bond donors (Lipinski definition) is 2. The molecule has 0 spiro atoms. The molecule has 0 amide bonds. The van der Waals surface area contributed by atoms with E-state index in [0.717, 1.165) is 10.6 Å². The lowest BCUT2D eigenvalue weighted by atomic mass is 10.1. The van der Waals surface area contributed by atoms with Crippen LogP contribution >= 0.6 is 0 Å². The Morgan fingerprint density at radius 2 is 1.41 bits per heavy atom. The molecule has 0 radical (unpaired) electrons. The standard InChI is InChI=1S/C26H18N4O4/c31-21(32)16-13-17-11-14-18(15-12-17)23-27-22-24(28-23)29(19-7-3-1-4-8-19)26(34)30(25(22)33)20-9-5-2-6-10-20/h1-16H,(H,27,28)(H,31,32). The average molecular weight is 450 g/mol. The second kappa shape index (κ2) is 8.51. The minimum Gasteiger partial charge on any atom is -0.478 e. The largest absolute Gasteiger partial charge is 0.478 e. The zero-order valence-electron chi connectivity index (χ0n) is 17.8. The van der Waals surface area contributed by atoms with Crippen molar-refractivity contribution in [2.45, 2.75) is 0 Å². The minimum atomic E-state index is -1.03. The van der Waals surface area contributed by atoms with Crippen molar-refractivity contribution in [3.05, 3.63) is 117 Å². The summed E-state index contributed by atoms with van der Waals surface area (Å²) in [5, 5.41) is 8.80. The number of aromatic nitrogens is 4. The van der Waals surface area contributed by atoms with Crippen molar-refractivity contribution in [3.63, 3.8) is 0 Å². The maximum absolute atomic E-state index is 13.5. The summed E-state index contributed by atoms with van der Waals surface area (Å²) in [5.41, 5.74) is 1.79. The van der Waals surface area contributed by atoms with Crippen LogP contribution in [0.1, 0.15) is 5.56 Å². The molecule has 34 heavy (non-hydrogen) atoms. The molecule has 0 aliphatic carbocycles. The molecule has 166 valence electrons. The van der Waals surface area contributed by atoms with Crippen LogP contribution in [-0.2, 0) is 4.79 Å². The molecule has 0 bridgehead atoms. The van der Waals surface area contributed by atoms with Gasteiger partial charge < -0.3 is 10.1 Å². The summed E-state index contributed by atoms with van der Waals surface area (Å²) in [4.78, 5) is 45.3. The fraction of sp³-hybridized carbons (Fsp3) is 0. The summed E-state index contributed by atoms with van der Waals surface area (Å²) in [6, 6.07) is 24.8. The van der Waals surface area contributed by atoms with Gasteiger partial charge in [-0.15, -0.1) is 0 Å². The predicted octanol–water partition coefficient (Wildman–Crippen LogP) is 3.63. The summed E-state index contributed by atoms with van der Waals surface area (Å²) in [7, 11) is 0. The van der Waals surface area contributed by atoms with Gasteiger partial charge in [0.05, 0.1) is 11.4 Å². The molecule has 0 saturated heterocycles. The number of benzene rings is 3. The highest BCUT2D eigenvalue weighted by Crippen LogP contribution is 2.21. The van der Waals surface area contributed by atoms with E-state index in [4.69, 9.17) is 5.11 Å². The van der Waals surface area contributed by atoms with Crippen LogP contribution in [0.15, 0.2) is 101 Å². The lowest BCUT2D eigenvalue weighted by Crippen LogP contribution is -2.38. The molecule has 0 atom stereocenters. The topological polar surface area (TPSA) is 110 Å². The van der Waals surface area contributed by atoms with Gasteiger partial charge in [0, 0.05) is 11.6 Å². The van der Waals surface area contributed by atoms with E-state index in [1.54, 1.807) is 60.7 Å². The summed E-state index contributed by atoms with van der Waals surface area (Å²) >= 11 is 0. The first-order valence-electron chi connectivity index (χ1n) is 10.4. The smallest absolute Gasteiger partial charge is 0.341 e. The number of rotatable bonds is 5. The van der Waals surface area contributed by atoms with Crippen molar-refractivity contribution < 1.29 is 9.90 Å². The van der Waals surface area contributed by atoms with E-state index in [-0.39, 0.29) is 5.52 Å². The molecular formula is C26H18N4O4. The summed E-state index contributed by atoms with van der Waals surface area (Å²) in [6.07, 6.45) is 2.54. The number of para-hydroxylation sites is 2. The Morgan fingerprint density at radius 3 is 2.00 bits per heavy atom. The summed E-state index contributed by atoms with van der Waals surface area (Å²) < 4.78 is 2.55. The summed E-state index contributed by atoms with van der Waals surface area (Å²) in [5.74, 6) is -0.620. The van der Waals surface area contributed by atoms with Gasteiger partial charge in [-0.25, -0.2) is 23.7 Å². The third kappa shape index (κ3) is 3.73. The van der Waals surface area contributed by atoms with Crippen LogP contribution in [0, 0.1) is 0 Å². The quantitative estimate of drug-likeness (QED) is 0.398. The molecule has 0 saturated carbocycles. The molecule has 8 heteroatoms. The van der Waals surface area contributed by atoms with Gasteiger partial charge in [0.2, 0.25) is 0 Å². The number of nitrogens with one attached hydrogen (secondary N) is 1. The number of nitrogens with zero attached hydrogens (tertiary/aromatic N) is 3. The Balaban J connectivity index is 1.74. The average Bonchev–Trinajstić information content (AvgIpc) is 3.30. The van der Waals surface area contributed by atoms with E-state index < -0.39 is 17.2 Å². The van der Waals surface area contributed by atoms with E-state index >= 15 is 0 Å². The number of carbonyl (C=O) groups is 1. The molecule has 8 nitrogen and oxygen atoms in total. The SMILES string of the molecule is O=C(O)C=Cc1ccc(-c2nc3c(=O)n(-c4ccccc4)c(=O)n(-c4ccccc4)c3[nH]2)cc1. The number of fused-ring (bicyclic) bond motifs is 1. The first kappa shape index (κ1) is 20.9. The van der Waals surface area contributed by atoms with Crippen LogP contribution in [0.25, 0.3) is 40.0 Å². The lowest BCUT2D eigenvalue weighted by molar-refractivity contribution is -0.131. The number of carboxylic acids is 1. The van der Waals surface area contributed by atoms with Gasteiger partial charge in [-0.1, -0.05) is 60.7 Å². The van der Waals surface area contributed by atoms with Gasteiger partial charge in [-0.2, -0.15) is 0 Å². The van der Waals surface area contributed by atoms with Gasteiger partial charge in [0.1, 0.15) is 5.82 Å². The van der Waals surface area contributed by atoms with Crippen LogP contribution in [-0.4, -0.2) is 30.2 Å². The van der Waals surface area contributed by atoms with Gasteiger partial charge >= 0.3 is 11.7 Å². The Bertz CT molecular complexity index is 1650. The Morgan fingerprint density at radius 1 is 0.824 bits per heavy atom. The fourth-order valence-electron chi connectivity index (χ4n) is 3.74. The first-order chi connectivity index (χ1) is 16.5. The highest BCUT2D eigenvalue weighted by molar-refractivity contribution is 5.85. The second-order valence-electron chi connectivity index (χ2n) is 7.51. The number of H-pyrrole nitrogens is 1. The molecule has 2 N–H and O–H groups in total. The molecule has 5 rings (SSSR count). The van der Waals surface area contributed by atoms with E-state index in [0.29, 0.717) is 34.0 Å². The van der Waals surface area contributed by atoms with Crippen LogP contribution in [0.2, 0.25) is 0 Å². The van der Waals surface area contributed by atoms with E-state index in [9.17, 15) is 14.4 Å². The van der Waals surface area contributed by atoms with Gasteiger partial charge in [0.25, 0.3) is 5.56 Å². The number of hydrogen-bond acceptors (Lipinski definition) is 4. The molecule has 2 heterocycles. The second-order valence-corrected chi connectivity index (χ2v) is 7.51. The minimum absolute atomic E-state index is 0.122.